The molecule has 0 saturated carbocycles. The van der Waals surface area contributed by atoms with E-state index >= 15 is 0 Å². The maximum absolute atomic E-state index is 12.4. The molecule has 1 fully saturated rings. The van der Waals surface area contributed by atoms with E-state index < -0.39 is 0 Å². The van der Waals surface area contributed by atoms with Gasteiger partial charge in [-0.15, -0.1) is 0 Å². The van der Waals surface area contributed by atoms with E-state index in [1.54, 1.807) is 22.0 Å². The van der Waals surface area contributed by atoms with Crippen LogP contribution in [0, 0.1) is 0 Å². The van der Waals surface area contributed by atoms with Gasteiger partial charge in [-0.25, -0.2) is 14.8 Å². The standard InChI is InChI=1S/C16H23N7O2/c1-21(2)15-17-5-4-13(20-15)14-11-23(6-7-25-14)16(24)18-8-12-9-19-22(3)10-12/h4-5,9-10,14H,6-8,11H2,1-3H3,(H,18,24). The van der Waals surface area contributed by atoms with Crippen molar-refractivity contribution in [3.63, 3.8) is 0 Å². The number of hydrogen-bond donors (Lipinski definition) is 1. The number of rotatable bonds is 4. The molecule has 0 aromatic carbocycles. The summed E-state index contributed by atoms with van der Waals surface area (Å²) in [5, 5.41) is 7.02. The van der Waals surface area contributed by atoms with Gasteiger partial charge in [-0.05, 0) is 6.07 Å². The van der Waals surface area contributed by atoms with Gasteiger partial charge in [0.2, 0.25) is 5.95 Å². The van der Waals surface area contributed by atoms with E-state index in [0.29, 0.717) is 32.2 Å². The van der Waals surface area contributed by atoms with Crippen LogP contribution in [0.3, 0.4) is 0 Å². The van der Waals surface area contributed by atoms with Crippen LogP contribution in [0.2, 0.25) is 0 Å². The predicted molar refractivity (Wildman–Crippen MR) is 92.1 cm³/mol. The van der Waals surface area contributed by atoms with Crippen LogP contribution in [0.1, 0.15) is 17.4 Å². The number of aromatic nitrogens is 4. The minimum absolute atomic E-state index is 0.112. The van der Waals surface area contributed by atoms with Crippen LogP contribution in [0.4, 0.5) is 10.7 Å². The lowest BCUT2D eigenvalue weighted by Crippen LogP contribution is -2.47. The van der Waals surface area contributed by atoms with Gasteiger partial charge >= 0.3 is 6.03 Å². The third-order valence-corrected chi connectivity index (χ3v) is 3.95. The molecular formula is C16H23N7O2. The van der Waals surface area contributed by atoms with Crippen LogP contribution < -0.4 is 10.2 Å². The zero-order valence-corrected chi connectivity index (χ0v) is 14.7. The van der Waals surface area contributed by atoms with Gasteiger partial charge in [-0.3, -0.25) is 4.68 Å². The maximum Gasteiger partial charge on any atom is 0.317 e. The molecule has 9 heteroatoms. The molecule has 3 rings (SSSR count). The van der Waals surface area contributed by atoms with Crippen LogP contribution in [0.25, 0.3) is 0 Å². The number of urea groups is 1. The van der Waals surface area contributed by atoms with Crippen molar-refractivity contribution in [1.82, 2.24) is 30.0 Å². The summed E-state index contributed by atoms with van der Waals surface area (Å²) in [5.41, 5.74) is 1.75. The lowest BCUT2D eigenvalue weighted by atomic mass is 10.2. The van der Waals surface area contributed by atoms with Crippen molar-refractivity contribution in [3.05, 3.63) is 35.9 Å². The first-order chi connectivity index (χ1) is 12.0. The van der Waals surface area contributed by atoms with E-state index in [0.717, 1.165) is 11.3 Å². The zero-order valence-electron chi connectivity index (χ0n) is 14.7. The van der Waals surface area contributed by atoms with Gasteiger partial charge in [0.1, 0.15) is 6.10 Å². The average Bonchev–Trinajstić information content (AvgIpc) is 3.05. The maximum atomic E-state index is 12.4. The van der Waals surface area contributed by atoms with Gasteiger partial charge < -0.3 is 19.9 Å². The predicted octanol–water partition coefficient (Wildman–Crippen LogP) is 0.559. The van der Waals surface area contributed by atoms with Crippen molar-refractivity contribution < 1.29 is 9.53 Å². The van der Waals surface area contributed by atoms with Crippen molar-refractivity contribution in [3.8, 4) is 0 Å². The fourth-order valence-corrected chi connectivity index (χ4v) is 2.62. The molecule has 1 unspecified atom stereocenters. The summed E-state index contributed by atoms with van der Waals surface area (Å²) >= 11 is 0. The lowest BCUT2D eigenvalue weighted by Gasteiger charge is -2.32. The van der Waals surface area contributed by atoms with E-state index in [-0.39, 0.29) is 12.1 Å². The molecule has 2 amide bonds. The highest BCUT2D eigenvalue weighted by Gasteiger charge is 2.26. The van der Waals surface area contributed by atoms with Gasteiger partial charge in [0.15, 0.2) is 0 Å². The number of anilines is 1. The largest absolute Gasteiger partial charge is 0.368 e. The Balaban J connectivity index is 1.60. The molecule has 1 aliphatic rings. The summed E-state index contributed by atoms with van der Waals surface area (Å²) < 4.78 is 7.51. The number of ether oxygens (including phenoxy) is 1. The third-order valence-electron chi connectivity index (χ3n) is 3.95. The molecule has 0 spiro atoms. The number of amides is 2. The number of nitrogens with zero attached hydrogens (tertiary/aromatic N) is 6. The van der Waals surface area contributed by atoms with Crippen molar-refractivity contribution in [2.45, 2.75) is 12.6 Å². The van der Waals surface area contributed by atoms with E-state index in [1.165, 1.54) is 0 Å². The molecule has 1 aliphatic heterocycles. The van der Waals surface area contributed by atoms with Gasteiger partial charge in [0, 0.05) is 52.2 Å². The molecule has 0 aliphatic carbocycles. The van der Waals surface area contributed by atoms with Crippen LogP contribution in [-0.4, -0.2) is 64.5 Å². The Morgan fingerprint density at radius 1 is 1.48 bits per heavy atom. The summed E-state index contributed by atoms with van der Waals surface area (Å²) in [5.74, 6) is 0.624. The number of carbonyl (C=O) groups excluding carboxylic acids is 1. The molecule has 2 aromatic heterocycles. The molecule has 0 bridgehead atoms. The Labute approximate surface area is 146 Å². The fraction of sp³-hybridized carbons (Fsp3) is 0.500. The Morgan fingerprint density at radius 2 is 2.32 bits per heavy atom. The average molecular weight is 345 g/mol. The SMILES string of the molecule is CN(C)c1nccc(C2CN(C(=O)NCc3cnn(C)c3)CCO2)n1. The summed E-state index contributed by atoms with van der Waals surface area (Å²) in [6, 6.07) is 1.72. The van der Waals surface area contributed by atoms with Crippen molar-refractivity contribution >= 4 is 12.0 Å². The second-order valence-electron chi connectivity index (χ2n) is 6.16. The number of hydrogen-bond acceptors (Lipinski definition) is 6. The van der Waals surface area contributed by atoms with E-state index in [9.17, 15) is 4.79 Å². The molecule has 1 atom stereocenters. The van der Waals surface area contributed by atoms with E-state index in [4.69, 9.17) is 4.74 Å². The summed E-state index contributed by atoms with van der Waals surface area (Å²) in [4.78, 5) is 24.7. The molecular weight excluding hydrogens is 322 g/mol. The Morgan fingerprint density at radius 3 is 3.04 bits per heavy atom. The van der Waals surface area contributed by atoms with Gasteiger partial charge in [0.25, 0.3) is 0 Å². The Bertz CT molecular complexity index is 731. The second-order valence-corrected chi connectivity index (χ2v) is 6.16. The number of morpholine rings is 1. The van der Waals surface area contributed by atoms with Crippen molar-refractivity contribution in [2.24, 2.45) is 7.05 Å². The number of nitrogens with one attached hydrogen (secondary N) is 1. The summed E-state index contributed by atoms with van der Waals surface area (Å²) in [6.45, 7) is 1.95. The monoisotopic (exact) mass is 345 g/mol. The molecule has 134 valence electrons. The molecule has 3 heterocycles. The summed E-state index contributed by atoms with van der Waals surface area (Å²) in [7, 11) is 5.62. The normalized spacial score (nSPS) is 17.4. The van der Waals surface area contributed by atoms with Crippen LogP contribution in [-0.2, 0) is 18.3 Å². The van der Waals surface area contributed by atoms with Crippen molar-refractivity contribution in [1.29, 1.82) is 0 Å². The first-order valence-electron chi connectivity index (χ1n) is 8.15. The summed E-state index contributed by atoms with van der Waals surface area (Å²) in [6.07, 6.45) is 5.08. The van der Waals surface area contributed by atoms with Gasteiger partial charge in [0.05, 0.1) is 25.0 Å². The first kappa shape index (κ1) is 17.2. The van der Waals surface area contributed by atoms with Crippen molar-refractivity contribution in [2.75, 3.05) is 38.7 Å². The molecule has 1 saturated heterocycles. The van der Waals surface area contributed by atoms with Crippen LogP contribution in [0.5, 0.6) is 0 Å². The van der Waals surface area contributed by atoms with Crippen LogP contribution in [0.15, 0.2) is 24.7 Å². The number of carbonyl (C=O) groups is 1. The quantitative estimate of drug-likeness (QED) is 0.871. The van der Waals surface area contributed by atoms with Gasteiger partial charge in [-0.1, -0.05) is 0 Å². The topological polar surface area (TPSA) is 88.4 Å². The smallest absolute Gasteiger partial charge is 0.317 e. The van der Waals surface area contributed by atoms with E-state index in [2.05, 4.69) is 20.4 Å². The number of aryl methyl sites for hydroxylation is 1. The molecule has 0 radical (unpaired) electrons. The Kier molecular flexibility index (Phi) is 5.13. The second kappa shape index (κ2) is 7.47. The van der Waals surface area contributed by atoms with Gasteiger partial charge in [-0.2, -0.15) is 5.10 Å². The molecule has 2 aromatic rings. The highest BCUT2D eigenvalue weighted by atomic mass is 16.5. The molecule has 1 N–H and O–H groups in total. The molecule has 9 nitrogen and oxygen atoms in total. The van der Waals surface area contributed by atoms with Crippen LogP contribution >= 0.6 is 0 Å². The third kappa shape index (κ3) is 4.24. The lowest BCUT2D eigenvalue weighted by molar-refractivity contribution is -0.0176. The Hall–Kier alpha value is -2.68. The van der Waals surface area contributed by atoms with E-state index in [1.807, 2.05) is 38.3 Å². The first-order valence-corrected chi connectivity index (χ1v) is 8.15. The fourth-order valence-electron chi connectivity index (χ4n) is 2.62. The highest BCUT2D eigenvalue weighted by molar-refractivity contribution is 5.74. The highest BCUT2D eigenvalue weighted by Crippen LogP contribution is 2.21. The minimum atomic E-state index is -0.250. The molecule has 25 heavy (non-hydrogen) atoms. The minimum Gasteiger partial charge on any atom is -0.368 e. The zero-order chi connectivity index (χ0) is 17.8.